The lowest BCUT2D eigenvalue weighted by Gasteiger charge is -2.25. The van der Waals surface area contributed by atoms with Crippen LogP contribution in [-0.2, 0) is 4.79 Å². The average molecular weight is 309 g/mol. The number of benzene rings is 1. The summed E-state index contributed by atoms with van der Waals surface area (Å²) in [6.07, 6.45) is 0. The summed E-state index contributed by atoms with van der Waals surface area (Å²) in [6.45, 7) is 5.61. The van der Waals surface area contributed by atoms with E-state index in [1.165, 1.54) is 0 Å². The van der Waals surface area contributed by atoms with Crippen molar-refractivity contribution in [1.29, 1.82) is 0 Å². The molecule has 6 heteroatoms. The van der Waals surface area contributed by atoms with E-state index in [4.69, 9.17) is 17.0 Å². The molecule has 0 aliphatic heterocycles. The highest BCUT2D eigenvalue weighted by atomic mass is 32.1. The number of rotatable bonds is 6. The van der Waals surface area contributed by atoms with Crippen LogP contribution in [0.4, 0.5) is 5.69 Å². The fourth-order valence-electron chi connectivity index (χ4n) is 1.87. The van der Waals surface area contributed by atoms with Gasteiger partial charge in [-0.25, -0.2) is 0 Å². The predicted octanol–water partition coefficient (Wildman–Crippen LogP) is 2.19. The van der Waals surface area contributed by atoms with Gasteiger partial charge in [-0.3, -0.25) is 4.79 Å². The van der Waals surface area contributed by atoms with E-state index >= 15 is 0 Å². The maximum atomic E-state index is 12.0. The molecule has 0 bridgehead atoms. The summed E-state index contributed by atoms with van der Waals surface area (Å²) in [5.41, 5.74) is 0.835. The first kappa shape index (κ1) is 17.2. The third kappa shape index (κ3) is 5.23. The largest absolute Gasteiger partial charge is 0.497 e. The van der Waals surface area contributed by atoms with Gasteiger partial charge in [-0.1, -0.05) is 6.07 Å². The number of nitrogens with zero attached hydrogens (tertiary/aromatic N) is 2. The quantitative estimate of drug-likeness (QED) is 0.816. The number of hydrogen-bond donors (Lipinski definition) is 1. The summed E-state index contributed by atoms with van der Waals surface area (Å²) in [5.74, 6) is 0.821. The van der Waals surface area contributed by atoms with Gasteiger partial charge in [-0.05, 0) is 38.2 Å². The second kappa shape index (κ2) is 8.46. The van der Waals surface area contributed by atoms with Crippen molar-refractivity contribution in [3.05, 3.63) is 24.3 Å². The first-order chi connectivity index (χ1) is 10.0. The van der Waals surface area contributed by atoms with E-state index in [0.717, 1.165) is 11.4 Å². The van der Waals surface area contributed by atoms with E-state index in [-0.39, 0.29) is 12.5 Å². The molecule has 1 aromatic rings. The van der Waals surface area contributed by atoms with Crippen molar-refractivity contribution in [2.24, 2.45) is 0 Å². The Balaban J connectivity index is 2.60. The Hall–Kier alpha value is -1.82. The van der Waals surface area contributed by atoms with E-state index < -0.39 is 0 Å². The molecule has 0 aromatic heterocycles. The number of thiocarbonyl (C=S) groups is 1. The van der Waals surface area contributed by atoms with Crippen molar-refractivity contribution < 1.29 is 9.53 Å². The smallest absolute Gasteiger partial charge is 0.242 e. The second-order valence-corrected chi connectivity index (χ2v) is 4.97. The van der Waals surface area contributed by atoms with Crippen LogP contribution in [0.25, 0.3) is 0 Å². The molecule has 0 fully saturated rings. The topological polar surface area (TPSA) is 44.8 Å². The van der Waals surface area contributed by atoms with Crippen LogP contribution >= 0.6 is 12.2 Å². The summed E-state index contributed by atoms with van der Waals surface area (Å²) >= 11 is 5.32. The fourth-order valence-corrected chi connectivity index (χ4v) is 2.05. The first-order valence-corrected chi connectivity index (χ1v) is 7.36. The number of carbonyl (C=O) groups is 1. The monoisotopic (exact) mass is 309 g/mol. The van der Waals surface area contributed by atoms with Gasteiger partial charge in [0.05, 0.1) is 13.7 Å². The summed E-state index contributed by atoms with van der Waals surface area (Å²) in [6, 6.07) is 7.49. The van der Waals surface area contributed by atoms with Crippen molar-refractivity contribution in [1.82, 2.24) is 9.80 Å². The Morgan fingerprint density at radius 3 is 2.57 bits per heavy atom. The van der Waals surface area contributed by atoms with Gasteiger partial charge in [-0.2, -0.15) is 0 Å². The molecule has 1 amide bonds. The maximum Gasteiger partial charge on any atom is 0.242 e. The van der Waals surface area contributed by atoms with Crippen molar-refractivity contribution in [3.8, 4) is 5.75 Å². The van der Waals surface area contributed by atoms with Crippen LogP contribution in [0.5, 0.6) is 5.75 Å². The zero-order valence-electron chi connectivity index (χ0n) is 13.0. The molecule has 0 aliphatic rings. The summed E-state index contributed by atoms with van der Waals surface area (Å²) in [4.78, 5) is 15.6. The highest BCUT2D eigenvalue weighted by Gasteiger charge is 2.14. The Morgan fingerprint density at radius 1 is 1.33 bits per heavy atom. The lowest BCUT2D eigenvalue weighted by Crippen LogP contribution is -2.42. The fraction of sp³-hybridized carbons (Fsp3) is 0.467. The molecule has 0 unspecified atom stereocenters. The van der Waals surface area contributed by atoms with Crippen LogP contribution in [0.1, 0.15) is 13.8 Å². The van der Waals surface area contributed by atoms with E-state index in [9.17, 15) is 4.79 Å². The van der Waals surface area contributed by atoms with Crippen molar-refractivity contribution in [3.63, 3.8) is 0 Å². The minimum Gasteiger partial charge on any atom is -0.497 e. The highest BCUT2D eigenvalue weighted by Crippen LogP contribution is 2.17. The number of ether oxygens (including phenoxy) is 1. The zero-order valence-corrected chi connectivity index (χ0v) is 13.9. The predicted molar refractivity (Wildman–Crippen MR) is 89.8 cm³/mol. The normalized spacial score (nSPS) is 9.90. The summed E-state index contributed by atoms with van der Waals surface area (Å²) < 4.78 is 5.16. The molecule has 0 spiro atoms. The molecule has 5 nitrogen and oxygen atoms in total. The van der Waals surface area contributed by atoms with Crippen molar-refractivity contribution in [2.45, 2.75) is 13.8 Å². The molecule has 0 saturated carbocycles. The molecule has 21 heavy (non-hydrogen) atoms. The summed E-state index contributed by atoms with van der Waals surface area (Å²) in [7, 11) is 3.42. The standard InChI is InChI=1S/C15H23N3O2S/c1-5-18(6-2)14(19)11-17(3)15(21)16-12-8-7-9-13(10-12)20-4/h7-10H,5-6,11H2,1-4H3,(H,16,21). The Bertz CT molecular complexity index is 490. The number of methoxy groups -OCH3 is 1. The molecule has 1 N–H and O–H groups in total. The molecule has 0 atom stereocenters. The number of nitrogens with one attached hydrogen (secondary N) is 1. The first-order valence-electron chi connectivity index (χ1n) is 6.95. The minimum atomic E-state index is 0.0669. The Kier molecular flexibility index (Phi) is 6.94. The van der Waals surface area contributed by atoms with Crippen molar-refractivity contribution >= 4 is 28.9 Å². The van der Waals surface area contributed by atoms with Crippen LogP contribution in [-0.4, -0.2) is 54.6 Å². The number of likely N-dealkylation sites (N-methyl/N-ethyl adjacent to an activating group) is 2. The Morgan fingerprint density at radius 2 is 2.00 bits per heavy atom. The van der Waals surface area contributed by atoms with Crippen molar-refractivity contribution in [2.75, 3.05) is 39.1 Å². The van der Waals surface area contributed by atoms with Gasteiger partial charge in [0.1, 0.15) is 5.75 Å². The number of carbonyl (C=O) groups excluding carboxylic acids is 1. The van der Waals surface area contributed by atoms with Crippen LogP contribution in [0.3, 0.4) is 0 Å². The lowest BCUT2D eigenvalue weighted by atomic mass is 10.3. The molecule has 0 heterocycles. The van der Waals surface area contributed by atoms with Crippen LogP contribution in [0, 0.1) is 0 Å². The van der Waals surface area contributed by atoms with Gasteiger partial charge < -0.3 is 19.9 Å². The third-order valence-corrected chi connectivity index (χ3v) is 3.57. The zero-order chi connectivity index (χ0) is 15.8. The van der Waals surface area contributed by atoms with Gasteiger partial charge in [0.15, 0.2) is 5.11 Å². The SMILES string of the molecule is CCN(CC)C(=O)CN(C)C(=S)Nc1cccc(OC)c1. The molecule has 0 saturated heterocycles. The number of amides is 1. The van der Waals surface area contributed by atoms with Gasteiger partial charge in [0, 0.05) is 31.9 Å². The minimum absolute atomic E-state index is 0.0669. The molecular formula is C15H23N3O2S. The van der Waals surface area contributed by atoms with Gasteiger partial charge >= 0.3 is 0 Å². The molecule has 0 radical (unpaired) electrons. The molecule has 116 valence electrons. The highest BCUT2D eigenvalue weighted by molar-refractivity contribution is 7.80. The summed E-state index contributed by atoms with van der Waals surface area (Å²) in [5, 5.41) is 3.61. The maximum absolute atomic E-state index is 12.0. The second-order valence-electron chi connectivity index (χ2n) is 4.58. The van der Waals surface area contributed by atoms with Gasteiger partial charge in [0.25, 0.3) is 0 Å². The molecule has 1 aromatic carbocycles. The van der Waals surface area contributed by atoms with Crippen LogP contribution in [0.2, 0.25) is 0 Å². The van der Waals surface area contributed by atoms with E-state index in [0.29, 0.717) is 18.2 Å². The third-order valence-electron chi connectivity index (χ3n) is 3.16. The van der Waals surface area contributed by atoms with Crippen LogP contribution < -0.4 is 10.1 Å². The van der Waals surface area contributed by atoms with Gasteiger partial charge in [0.2, 0.25) is 5.91 Å². The number of hydrogen-bond acceptors (Lipinski definition) is 3. The number of anilines is 1. The van der Waals surface area contributed by atoms with E-state index in [2.05, 4.69) is 5.32 Å². The van der Waals surface area contributed by atoms with Crippen LogP contribution in [0.15, 0.2) is 24.3 Å². The Labute approximate surface area is 131 Å². The van der Waals surface area contributed by atoms with E-state index in [1.54, 1.807) is 24.0 Å². The molecule has 0 aliphatic carbocycles. The van der Waals surface area contributed by atoms with Gasteiger partial charge in [-0.15, -0.1) is 0 Å². The molecular weight excluding hydrogens is 286 g/mol. The lowest BCUT2D eigenvalue weighted by molar-refractivity contribution is -0.130. The molecule has 1 rings (SSSR count). The average Bonchev–Trinajstić information content (AvgIpc) is 2.48. The van der Waals surface area contributed by atoms with E-state index in [1.807, 2.05) is 38.1 Å².